The molecule has 77 heavy (non-hydrogen) atoms. The number of esters is 1. The van der Waals surface area contributed by atoms with Crippen LogP contribution in [-0.2, 0) is 23.8 Å². The minimum Gasteiger partial charge on any atom is -0.454 e. The third-order valence-corrected chi connectivity index (χ3v) is 14.4. The van der Waals surface area contributed by atoms with Crippen LogP contribution in [0.1, 0.15) is 258 Å². The van der Waals surface area contributed by atoms with Crippen molar-refractivity contribution in [2.45, 2.75) is 307 Å². The maximum absolute atomic E-state index is 13.4. The molecule has 8 atom stereocenters. The van der Waals surface area contributed by atoms with Crippen molar-refractivity contribution in [3.8, 4) is 0 Å². The molecule has 11 heteroatoms. The van der Waals surface area contributed by atoms with E-state index in [0.717, 1.165) is 83.5 Å². The van der Waals surface area contributed by atoms with Gasteiger partial charge in [-0.25, -0.2) is 0 Å². The first-order valence-electron chi connectivity index (χ1n) is 31.4. The zero-order chi connectivity index (χ0) is 56.1. The van der Waals surface area contributed by atoms with Crippen molar-refractivity contribution in [1.29, 1.82) is 0 Å². The predicted molar refractivity (Wildman–Crippen MR) is 319 cm³/mol. The van der Waals surface area contributed by atoms with E-state index in [0.29, 0.717) is 12.8 Å². The van der Waals surface area contributed by atoms with Crippen LogP contribution in [0.3, 0.4) is 0 Å². The van der Waals surface area contributed by atoms with Gasteiger partial charge in [0.25, 0.3) is 0 Å². The Morgan fingerprint density at radius 3 is 1.53 bits per heavy atom. The van der Waals surface area contributed by atoms with E-state index in [-0.39, 0.29) is 19.4 Å². The zero-order valence-corrected chi connectivity index (χ0v) is 49.1. The van der Waals surface area contributed by atoms with E-state index in [4.69, 9.17) is 14.2 Å². The fraction of sp³-hybridized carbons (Fsp3) is 0.758. The second-order valence-corrected chi connectivity index (χ2v) is 21.5. The Labute approximate surface area is 470 Å². The number of rotatable bonds is 52. The first kappa shape index (κ1) is 71.9. The van der Waals surface area contributed by atoms with Gasteiger partial charge in [-0.3, -0.25) is 9.59 Å². The number of carbonyl (C=O) groups excluding carboxylic acids is 2. The molecule has 6 N–H and O–H groups in total. The molecule has 0 saturated carbocycles. The fourth-order valence-electron chi connectivity index (χ4n) is 9.40. The first-order valence-corrected chi connectivity index (χ1v) is 31.4. The molecular formula is C66H115NO10. The highest BCUT2D eigenvalue weighted by Gasteiger charge is 2.47. The number of hydrogen-bond acceptors (Lipinski definition) is 10. The molecule has 0 bridgehead atoms. The van der Waals surface area contributed by atoms with Crippen molar-refractivity contribution in [2.75, 3.05) is 13.2 Å². The summed E-state index contributed by atoms with van der Waals surface area (Å²) in [5, 5.41) is 56.9. The van der Waals surface area contributed by atoms with Crippen LogP contribution in [0.25, 0.3) is 0 Å². The molecule has 8 unspecified atom stereocenters. The number of nitrogens with one attached hydrogen (secondary N) is 1. The Hall–Kier alpha value is -3.16. The fourth-order valence-corrected chi connectivity index (χ4v) is 9.40. The van der Waals surface area contributed by atoms with Gasteiger partial charge in [-0.05, 0) is 77.0 Å². The van der Waals surface area contributed by atoms with Crippen molar-refractivity contribution < 1.29 is 49.3 Å². The molecular weight excluding hydrogens is 967 g/mol. The van der Waals surface area contributed by atoms with Gasteiger partial charge in [0, 0.05) is 6.42 Å². The molecule has 1 aliphatic heterocycles. The number of allylic oxidation sites excluding steroid dienone is 13. The average Bonchev–Trinajstić information content (AvgIpc) is 3.43. The van der Waals surface area contributed by atoms with E-state index in [1.165, 1.54) is 128 Å². The molecule has 1 amide bonds. The molecule has 11 nitrogen and oxygen atoms in total. The average molecular weight is 1080 g/mol. The third kappa shape index (κ3) is 41.5. The van der Waals surface area contributed by atoms with Gasteiger partial charge >= 0.3 is 5.97 Å². The lowest BCUT2D eigenvalue weighted by atomic mass is 9.99. The zero-order valence-electron chi connectivity index (χ0n) is 49.1. The summed E-state index contributed by atoms with van der Waals surface area (Å²) in [6.07, 6.45) is 59.1. The number of carbonyl (C=O) groups is 2. The van der Waals surface area contributed by atoms with Gasteiger partial charge in [0.15, 0.2) is 12.4 Å². The van der Waals surface area contributed by atoms with Gasteiger partial charge in [-0.2, -0.15) is 0 Å². The molecule has 1 aliphatic rings. The van der Waals surface area contributed by atoms with Crippen LogP contribution in [-0.4, -0.2) is 99.6 Å². The van der Waals surface area contributed by atoms with Crippen molar-refractivity contribution in [1.82, 2.24) is 5.32 Å². The lowest BCUT2D eigenvalue weighted by Crippen LogP contribution is -2.61. The summed E-state index contributed by atoms with van der Waals surface area (Å²) >= 11 is 0. The second kappa shape index (κ2) is 53.5. The van der Waals surface area contributed by atoms with E-state index in [2.05, 4.69) is 62.5 Å². The smallest absolute Gasteiger partial charge is 0.306 e. The Bertz CT molecular complexity index is 1570. The summed E-state index contributed by atoms with van der Waals surface area (Å²) in [5.41, 5.74) is 0. The third-order valence-electron chi connectivity index (χ3n) is 14.4. The Morgan fingerprint density at radius 2 is 0.987 bits per heavy atom. The van der Waals surface area contributed by atoms with E-state index in [1.54, 1.807) is 6.08 Å². The van der Waals surface area contributed by atoms with Crippen molar-refractivity contribution in [2.24, 2.45) is 0 Å². The summed E-state index contributed by atoms with van der Waals surface area (Å²) < 4.78 is 17.6. The van der Waals surface area contributed by atoms with Crippen LogP contribution in [0.5, 0.6) is 0 Å². The van der Waals surface area contributed by atoms with Gasteiger partial charge in [-0.1, -0.05) is 260 Å². The maximum atomic E-state index is 13.4. The Kier molecular flexibility index (Phi) is 49.9. The molecule has 1 heterocycles. The molecule has 0 radical (unpaired) electrons. The minimum atomic E-state index is -1.62. The molecule has 0 aromatic rings. The molecule has 1 rings (SSSR count). The first-order chi connectivity index (χ1) is 37.7. The lowest BCUT2D eigenvalue weighted by molar-refractivity contribution is -0.305. The van der Waals surface area contributed by atoms with Crippen LogP contribution in [0, 0.1) is 0 Å². The molecule has 1 saturated heterocycles. The lowest BCUT2D eigenvalue weighted by Gasteiger charge is -2.41. The summed E-state index contributed by atoms with van der Waals surface area (Å²) in [6.45, 7) is 5.60. The number of unbranched alkanes of at least 4 members (excludes halogenated alkanes) is 29. The van der Waals surface area contributed by atoms with Crippen molar-refractivity contribution in [3.05, 3.63) is 85.1 Å². The molecule has 1 fully saturated rings. The highest BCUT2D eigenvalue weighted by atomic mass is 16.7. The molecule has 0 spiro atoms. The summed E-state index contributed by atoms with van der Waals surface area (Å²) in [5.74, 6) is -1.22. The maximum Gasteiger partial charge on any atom is 0.306 e. The molecule has 0 aromatic carbocycles. The van der Waals surface area contributed by atoms with Crippen molar-refractivity contribution in [3.63, 3.8) is 0 Å². The van der Waals surface area contributed by atoms with Crippen LogP contribution in [0.15, 0.2) is 85.1 Å². The van der Waals surface area contributed by atoms with Crippen LogP contribution in [0.4, 0.5) is 0 Å². The molecule has 0 aliphatic carbocycles. The van der Waals surface area contributed by atoms with E-state index < -0.39 is 67.4 Å². The summed E-state index contributed by atoms with van der Waals surface area (Å²) in [7, 11) is 0. The monoisotopic (exact) mass is 1080 g/mol. The van der Waals surface area contributed by atoms with Crippen LogP contribution >= 0.6 is 0 Å². The number of hydrogen-bond donors (Lipinski definition) is 6. The normalized spacial score (nSPS) is 19.6. The number of ether oxygens (including phenoxy) is 3. The number of amides is 1. The second-order valence-electron chi connectivity index (χ2n) is 21.5. The van der Waals surface area contributed by atoms with E-state index in [9.17, 15) is 35.1 Å². The SMILES string of the molecule is CC/C=C/C=C/C=C/C=C\CCCCCCC(O)C(=O)NC(COC1OC(CO)C(O)C(O)C1OC(=O)CCCCCCCCCCCCCCC/C=C\C/C=C\CCCCC)C(O)/C=C/CCCCCCCCCCC. The topological polar surface area (TPSA) is 175 Å². The standard InChI is InChI=1S/C66H115NO10/c1-4-7-10-13-16-19-22-24-26-27-28-29-30-31-32-33-34-36-39-42-45-48-51-54-61(71)77-64-63(73)62(72)60(55-68)76-66(64)75-56-57(58(69)52-49-46-43-40-37-21-18-15-12-9-6-3)67-65(74)59(70)53-50-47-44-41-38-35-25-23-20-17-14-11-8-5-2/h8,11,14,16-17,19-20,23-26,35,49,52,57-60,62-64,66,68-70,72-73H,4-7,9-10,12-13,15,18,21-22,27-34,36-48,50-51,53-56H2,1-3H3,(H,67,74)/b11-8+,17-14+,19-16-,23-20+,26-24-,35-25-,52-49+. The van der Waals surface area contributed by atoms with Crippen LogP contribution < -0.4 is 5.32 Å². The molecule has 0 aromatic heterocycles. The van der Waals surface area contributed by atoms with E-state index >= 15 is 0 Å². The predicted octanol–water partition coefficient (Wildman–Crippen LogP) is 14.9. The number of aliphatic hydroxyl groups is 5. The Balaban J connectivity index is 2.62. The van der Waals surface area contributed by atoms with Crippen LogP contribution in [0.2, 0.25) is 0 Å². The van der Waals surface area contributed by atoms with Gasteiger partial charge < -0.3 is 45.1 Å². The van der Waals surface area contributed by atoms with E-state index in [1.807, 2.05) is 42.5 Å². The van der Waals surface area contributed by atoms with Gasteiger partial charge in [-0.15, -0.1) is 0 Å². The van der Waals surface area contributed by atoms with Crippen molar-refractivity contribution >= 4 is 11.9 Å². The summed E-state index contributed by atoms with van der Waals surface area (Å²) in [4.78, 5) is 26.5. The highest BCUT2D eigenvalue weighted by molar-refractivity contribution is 5.80. The number of aliphatic hydroxyl groups excluding tert-OH is 5. The van der Waals surface area contributed by atoms with Gasteiger partial charge in [0.2, 0.25) is 5.91 Å². The largest absolute Gasteiger partial charge is 0.454 e. The Morgan fingerprint density at radius 1 is 0.532 bits per heavy atom. The highest BCUT2D eigenvalue weighted by Crippen LogP contribution is 2.26. The van der Waals surface area contributed by atoms with Gasteiger partial charge in [0.05, 0.1) is 25.4 Å². The minimum absolute atomic E-state index is 0.117. The quantitative estimate of drug-likeness (QED) is 0.0149. The van der Waals surface area contributed by atoms with Gasteiger partial charge in [0.1, 0.15) is 24.4 Å². The molecule has 444 valence electrons. The summed E-state index contributed by atoms with van der Waals surface area (Å²) in [6, 6.07) is -1.04.